The summed E-state index contributed by atoms with van der Waals surface area (Å²) in [5.41, 5.74) is 2.40. The second kappa shape index (κ2) is 8.13. The van der Waals surface area contributed by atoms with Crippen molar-refractivity contribution < 1.29 is 14.3 Å². The summed E-state index contributed by atoms with van der Waals surface area (Å²) in [6.07, 6.45) is -0.615. The van der Waals surface area contributed by atoms with E-state index in [-0.39, 0.29) is 18.4 Å². The van der Waals surface area contributed by atoms with E-state index < -0.39 is 6.10 Å². The molecule has 2 aromatic carbocycles. The number of benzene rings is 2. The Hall–Kier alpha value is -3.06. The number of para-hydroxylation sites is 4. The molecule has 2 heterocycles. The highest BCUT2D eigenvalue weighted by atomic mass is 16.5. The first-order chi connectivity index (χ1) is 14.0. The molecule has 4 rings (SSSR count). The lowest BCUT2D eigenvalue weighted by Gasteiger charge is -2.35. The minimum atomic E-state index is -0.615. The van der Waals surface area contributed by atoms with Crippen LogP contribution in [0.5, 0.6) is 5.75 Å². The van der Waals surface area contributed by atoms with Gasteiger partial charge in [-0.25, -0.2) is 0 Å². The molecule has 0 bridgehead atoms. The molecule has 2 aromatic rings. The molecule has 7 nitrogen and oxygen atoms in total. The van der Waals surface area contributed by atoms with Gasteiger partial charge in [0.1, 0.15) is 12.3 Å². The van der Waals surface area contributed by atoms with Crippen molar-refractivity contribution in [2.45, 2.75) is 13.0 Å². The first-order valence-corrected chi connectivity index (χ1v) is 9.92. The van der Waals surface area contributed by atoms with Crippen molar-refractivity contribution in [3.05, 3.63) is 48.5 Å². The van der Waals surface area contributed by atoms with Gasteiger partial charge in [0.05, 0.1) is 17.1 Å². The molecule has 152 valence electrons. The molecule has 29 heavy (non-hydrogen) atoms. The van der Waals surface area contributed by atoms with Crippen LogP contribution in [-0.4, -0.2) is 62.6 Å². The molecule has 0 aromatic heterocycles. The van der Waals surface area contributed by atoms with Gasteiger partial charge >= 0.3 is 0 Å². The number of hydrogen-bond acceptors (Lipinski definition) is 5. The Labute approximate surface area is 170 Å². The van der Waals surface area contributed by atoms with E-state index in [1.54, 1.807) is 13.0 Å². The molecule has 7 heteroatoms. The molecule has 1 N–H and O–H groups in total. The van der Waals surface area contributed by atoms with Gasteiger partial charge in [-0.2, -0.15) is 0 Å². The van der Waals surface area contributed by atoms with Crippen LogP contribution in [0.1, 0.15) is 6.92 Å². The number of rotatable bonds is 4. The van der Waals surface area contributed by atoms with Crippen LogP contribution in [0.25, 0.3) is 0 Å². The van der Waals surface area contributed by atoms with Crippen molar-refractivity contribution in [2.75, 3.05) is 54.9 Å². The summed E-state index contributed by atoms with van der Waals surface area (Å²) in [7, 11) is 2.11. The fourth-order valence-corrected chi connectivity index (χ4v) is 3.76. The second-order valence-electron chi connectivity index (χ2n) is 7.51. The van der Waals surface area contributed by atoms with Crippen molar-refractivity contribution in [1.82, 2.24) is 4.90 Å². The molecule has 2 amide bonds. The normalized spacial score (nSPS) is 19.5. The van der Waals surface area contributed by atoms with E-state index in [1.165, 1.54) is 4.90 Å². The van der Waals surface area contributed by atoms with Crippen molar-refractivity contribution >= 4 is 28.9 Å². The Morgan fingerprint density at radius 1 is 1.03 bits per heavy atom. The number of ether oxygens (including phenoxy) is 1. The van der Waals surface area contributed by atoms with Crippen LogP contribution in [0.15, 0.2) is 48.5 Å². The standard InChI is InChI=1S/C22H26N4O3/c1-16-22(28)26(19-9-5-6-10-20(19)29-16)15-21(27)23-17-7-3-4-8-18(17)25-13-11-24(2)12-14-25/h3-10,16H,11-15H2,1-2H3,(H,23,27)/t16-/m1/s1. The molecule has 0 unspecified atom stereocenters. The first-order valence-electron chi connectivity index (χ1n) is 9.92. The summed E-state index contributed by atoms with van der Waals surface area (Å²) in [5.74, 6) is 0.167. The SMILES string of the molecule is C[C@H]1Oc2ccccc2N(CC(=O)Nc2ccccc2N2CCN(C)CC2)C1=O. The molecule has 2 aliphatic heterocycles. The number of fused-ring (bicyclic) bond motifs is 1. The summed E-state index contributed by atoms with van der Waals surface area (Å²) >= 11 is 0. The Kier molecular flexibility index (Phi) is 5.40. The van der Waals surface area contributed by atoms with E-state index in [0.717, 1.165) is 37.6 Å². The van der Waals surface area contributed by atoms with E-state index in [2.05, 4.69) is 22.2 Å². The fraction of sp³-hybridized carbons (Fsp3) is 0.364. The Morgan fingerprint density at radius 3 is 2.45 bits per heavy atom. The van der Waals surface area contributed by atoms with Gasteiger partial charge in [0.25, 0.3) is 5.91 Å². The number of nitrogens with zero attached hydrogens (tertiary/aromatic N) is 3. The predicted octanol–water partition coefficient (Wildman–Crippen LogP) is 2.19. The maximum absolute atomic E-state index is 12.9. The third-order valence-corrected chi connectivity index (χ3v) is 5.40. The summed E-state index contributed by atoms with van der Waals surface area (Å²) < 4.78 is 5.65. The van der Waals surface area contributed by atoms with E-state index in [9.17, 15) is 9.59 Å². The van der Waals surface area contributed by atoms with Crippen molar-refractivity contribution in [3.63, 3.8) is 0 Å². The van der Waals surface area contributed by atoms with Gasteiger partial charge in [0.2, 0.25) is 5.91 Å². The summed E-state index contributed by atoms with van der Waals surface area (Å²) in [4.78, 5) is 31.6. The monoisotopic (exact) mass is 394 g/mol. The van der Waals surface area contributed by atoms with Gasteiger partial charge in [-0.3, -0.25) is 14.5 Å². The highest BCUT2D eigenvalue weighted by molar-refractivity contribution is 6.06. The molecule has 0 spiro atoms. The number of carbonyl (C=O) groups excluding carboxylic acids is 2. The average Bonchev–Trinajstić information content (AvgIpc) is 2.72. The number of carbonyl (C=O) groups is 2. The zero-order valence-corrected chi connectivity index (χ0v) is 16.8. The van der Waals surface area contributed by atoms with Crippen molar-refractivity contribution in [3.8, 4) is 5.75 Å². The van der Waals surface area contributed by atoms with Crippen LogP contribution in [-0.2, 0) is 9.59 Å². The topological polar surface area (TPSA) is 65.1 Å². The number of piperazine rings is 1. The lowest BCUT2D eigenvalue weighted by molar-refractivity contribution is -0.127. The van der Waals surface area contributed by atoms with Gasteiger partial charge in [-0.1, -0.05) is 24.3 Å². The molecule has 0 radical (unpaired) electrons. The molecule has 1 atom stereocenters. The van der Waals surface area contributed by atoms with Crippen LogP contribution in [0.3, 0.4) is 0 Å². The van der Waals surface area contributed by atoms with Gasteiger partial charge < -0.3 is 19.9 Å². The quantitative estimate of drug-likeness (QED) is 0.861. The Balaban J connectivity index is 1.50. The molecule has 1 saturated heterocycles. The van der Waals surface area contributed by atoms with E-state index in [4.69, 9.17) is 4.74 Å². The molecule has 0 aliphatic carbocycles. The maximum atomic E-state index is 12.9. The van der Waals surface area contributed by atoms with Crippen LogP contribution < -0.4 is 19.9 Å². The van der Waals surface area contributed by atoms with E-state index in [0.29, 0.717) is 11.4 Å². The summed E-state index contributed by atoms with van der Waals surface area (Å²) in [6, 6.07) is 15.1. The summed E-state index contributed by atoms with van der Waals surface area (Å²) in [5, 5.41) is 3.00. The molecular weight excluding hydrogens is 368 g/mol. The minimum absolute atomic E-state index is 0.0549. The number of amides is 2. The minimum Gasteiger partial charge on any atom is -0.479 e. The number of anilines is 3. The second-order valence-corrected chi connectivity index (χ2v) is 7.51. The lowest BCUT2D eigenvalue weighted by atomic mass is 10.2. The first kappa shape index (κ1) is 19.3. The van der Waals surface area contributed by atoms with E-state index in [1.807, 2.05) is 42.5 Å². The largest absolute Gasteiger partial charge is 0.479 e. The van der Waals surface area contributed by atoms with Gasteiger partial charge in [-0.05, 0) is 38.2 Å². The highest BCUT2D eigenvalue weighted by Gasteiger charge is 2.32. The van der Waals surface area contributed by atoms with Crippen molar-refractivity contribution in [1.29, 1.82) is 0 Å². The number of likely N-dealkylation sites (N-methyl/N-ethyl adjacent to an activating group) is 1. The van der Waals surface area contributed by atoms with Gasteiger partial charge in [-0.15, -0.1) is 0 Å². The Morgan fingerprint density at radius 2 is 1.69 bits per heavy atom. The third-order valence-electron chi connectivity index (χ3n) is 5.40. The molecular formula is C22H26N4O3. The third kappa shape index (κ3) is 4.05. The molecule has 1 fully saturated rings. The maximum Gasteiger partial charge on any atom is 0.268 e. The van der Waals surface area contributed by atoms with Crippen LogP contribution in [0.2, 0.25) is 0 Å². The fourth-order valence-electron chi connectivity index (χ4n) is 3.76. The number of nitrogens with one attached hydrogen (secondary N) is 1. The zero-order chi connectivity index (χ0) is 20.4. The van der Waals surface area contributed by atoms with E-state index >= 15 is 0 Å². The Bertz CT molecular complexity index is 908. The summed E-state index contributed by atoms with van der Waals surface area (Å²) in [6.45, 7) is 5.44. The molecule has 0 saturated carbocycles. The zero-order valence-electron chi connectivity index (χ0n) is 16.8. The number of hydrogen-bond donors (Lipinski definition) is 1. The highest BCUT2D eigenvalue weighted by Crippen LogP contribution is 2.33. The van der Waals surface area contributed by atoms with Crippen molar-refractivity contribution in [2.24, 2.45) is 0 Å². The predicted molar refractivity (Wildman–Crippen MR) is 114 cm³/mol. The van der Waals surface area contributed by atoms with Crippen LogP contribution in [0, 0.1) is 0 Å². The van der Waals surface area contributed by atoms with Gasteiger partial charge in [0.15, 0.2) is 6.10 Å². The van der Waals surface area contributed by atoms with Crippen LogP contribution in [0.4, 0.5) is 17.1 Å². The lowest BCUT2D eigenvalue weighted by Crippen LogP contribution is -2.47. The molecule has 2 aliphatic rings. The van der Waals surface area contributed by atoms with Gasteiger partial charge in [0, 0.05) is 26.2 Å². The average molecular weight is 394 g/mol. The van der Waals surface area contributed by atoms with Crippen LogP contribution >= 0.6 is 0 Å². The smallest absolute Gasteiger partial charge is 0.268 e.